The summed E-state index contributed by atoms with van der Waals surface area (Å²) in [6, 6.07) is 3.46. The smallest absolute Gasteiger partial charge is 0.150 e. The highest BCUT2D eigenvalue weighted by Gasteiger charge is 2.28. The van der Waals surface area contributed by atoms with E-state index in [0.29, 0.717) is 29.5 Å². The van der Waals surface area contributed by atoms with Crippen molar-refractivity contribution >= 4 is 15.5 Å². The highest BCUT2D eigenvalue weighted by atomic mass is 32.2. The summed E-state index contributed by atoms with van der Waals surface area (Å²) < 4.78 is 50.3. The second-order valence-electron chi connectivity index (χ2n) is 7.00. The first-order valence-corrected chi connectivity index (χ1v) is 10.6. The van der Waals surface area contributed by atoms with Gasteiger partial charge >= 0.3 is 0 Å². The first kappa shape index (κ1) is 18.2. The zero-order valence-corrected chi connectivity index (χ0v) is 15.2. The standard InChI is InChI=1S/C19H23F2NO2S/c1-2-25(23,24)12-13-3-5-14(6-4-13)16-9-19(22-11-16)15-7-17(20)10-18(21)8-15/h7-10,13-14H,2-6,11-12H2,1H3. The van der Waals surface area contributed by atoms with Gasteiger partial charge in [0.15, 0.2) is 0 Å². The van der Waals surface area contributed by atoms with E-state index in [-0.39, 0.29) is 11.7 Å². The molecule has 2 aliphatic rings. The van der Waals surface area contributed by atoms with Gasteiger partial charge in [0, 0.05) is 17.4 Å². The predicted molar refractivity (Wildman–Crippen MR) is 95.6 cm³/mol. The minimum Gasteiger partial charge on any atom is -0.280 e. The summed E-state index contributed by atoms with van der Waals surface area (Å²) >= 11 is 0. The fourth-order valence-electron chi connectivity index (χ4n) is 3.74. The number of sulfone groups is 1. The molecule has 0 amide bonds. The second-order valence-corrected chi connectivity index (χ2v) is 9.39. The first-order chi connectivity index (χ1) is 11.9. The van der Waals surface area contributed by atoms with Crippen molar-refractivity contribution in [2.75, 3.05) is 18.1 Å². The van der Waals surface area contributed by atoms with Crippen molar-refractivity contribution in [1.82, 2.24) is 0 Å². The molecule has 0 unspecified atom stereocenters. The van der Waals surface area contributed by atoms with Gasteiger partial charge in [-0.05, 0) is 61.3 Å². The zero-order valence-electron chi connectivity index (χ0n) is 14.3. The molecule has 1 fully saturated rings. The molecule has 0 radical (unpaired) electrons. The maximum Gasteiger partial charge on any atom is 0.150 e. The average Bonchev–Trinajstić information content (AvgIpc) is 3.04. The van der Waals surface area contributed by atoms with Gasteiger partial charge in [0.25, 0.3) is 0 Å². The molecule has 1 aromatic carbocycles. The van der Waals surface area contributed by atoms with Gasteiger partial charge in [0.1, 0.15) is 21.5 Å². The molecule has 1 aliphatic heterocycles. The largest absolute Gasteiger partial charge is 0.280 e. The van der Waals surface area contributed by atoms with Crippen molar-refractivity contribution in [3.05, 3.63) is 47.0 Å². The van der Waals surface area contributed by atoms with Crippen molar-refractivity contribution in [3.8, 4) is 0 Å². The number of allylic oxidation sites excluding steroid dienone is 1. The maximum absolute atomic E-state index is 13.4. The Hall–Kier alpha value is -1.56. The Morgan fingerprint density at radius 2 is 1.72 bits per heavy atom. The maximum atomic E-state index is 13.4. The molecule has 136 valence electrons. The summed E-state index contributed by atoms with van der Waals surface area (Å²) in [6.45, 7) is 2.26. The van der Waals surface area contributed by atoms with Crippen LogP contribution >= 0.6 is 0 Å². The molecule has 0 bridgehead atoms. The van der Waals surface area contributed by atoms with Crippen LogP contribution in [0.3, 0.4) is 0 Å². The van der Waals surface area contributed by atoms with E-state index in [1.165, 1.54) is 17.7 Å². The molecule has 1 saturated carbocycles. The number of rotatable bonds is 5. The van der Waals surface area contributed by atoms with Gasteiger partial charge < -0.3 is 0 Å². The molecule has 0 N–H and O–H groups in total. The van der Waals surface area contributed by atoms with Crippen LogP contribution < -0.4 is 0 Å². The third-order valence-electron chi connectivity index (χ3n) is 5.21. The summed E-state index contributed by atoms with van der Waals surface area (Å²) in [6.07, 6.45) is 5.67. The van der Waals surface area contributed by atoms with Gasteiger partial charge in [-0.15, -0.1) is 0 Å². The van der Waals surface area contributed by atoms with E-state index in [9.17, 15) is 17.2 Å². The van der Waals surface area contributed by atoms with Crippen molar-refractivity contribution in [3.63, 3.8) is 0 Å². The number of aliphatic imine (C=N–C) groups is 1. The van der Waals surface area contributed by atoms with Gasteiger partial charge in [0.2, 0.25) is 0 Å². The molecule has 0 atom stereocenters. The molecule has 0 saturated heterocycles. The highest BCUT2D eigenvalue weighted by molar-refractivity contribution is 7.91. The van der Waals surface area contributed by atoms with E-state index in [1.807, 2.05) is 6.08 Å². The third-order valence-corrected chi connectivity index (χ3v) is 7.07. The van der Waals surface area contributed by atoms with Crippen LogP contribution in [-0.4, -0.2) is 32.2 Å². The quantitative estimate of drug-likeness (QED) is 0.791. The lowest BCUT2D eigenvalue weighted by atomic mass is 9.79. The molecule has 0 spiro atoms. The fourth-order valence-corrected chi connectivity index (χ4v) is 5.03. The fraction of sp³-hybridized carbons (Fsp3) is 0.526. The lowest BCUT2D eigenvalue weighted by Crippen LogP contribution is -2.24. The summed E-state index contributed by atoms with van der Waals surface area (Å²) in [5, 5.41) is 0. The molecule has 25 heavy (non-hydrogen) atoms. The van der Waals surface area contributed by atoms with E-state index in [1.54, 1.807) is 6.92 Å². The number of halogens is 2. The Balaban J connectivity index is 1.62. The molecule has 3 nitrogen and oxygen atoms in total. The van der Waals surface area contributed by atoms with Crippen LogP contribution in [0, 0.1) is 23.5 Å². The summed E-state index contributed by atoms with van der Waals surface area (Å²) in [5.74, 6) is -0.0606. The minimum absolute atomic E-state index is 0.208. The van der Waals surface area contributed by atoms with E-state index in [4.69, 9.17) is 0 Å². The summed E-state index contributed by atoms with van der Waals surface area (Å²) in [4.78, 5) is 4.43. The first-order valence-electron chi connectivity index (χ1n) is 8.78. The van der Waals surface area contributed by atoms with Crippen LogP contribution in [0.15, 0.2) is 34.8 Å². The Bertz CT molecular complexity index is 786. The van der Waals surface area contributed by atoms with Crippen molar-refractivity contribution in [2.24, 2.45) is 16.8 Å². The van der Waals surface area contributed by atoms with Gasteiger partial charge in [-0.2, -0.15) is 0 Å². The van der Waals surface area contributed by atoms with Gasteiger partial charge in [-0.25, -0.2) is 17.2 Å². The monoisotopic (exact) mass is 367 g/mol. The lowest BCUT2D eigenvalue weighted by molar-refractivity contribution is 0.320. The number of benzene rings is 1. The van der Waals surface area contributed by atoms with E-state index in [0.717, 1.165) is 31.7 Å². The molecule has 0 aromatic heterocycles. The Morgan fingerprint density at radius 1 is 1.08 bits per heavy atom. The Kier molecular flexibility index (Phi) is 5.37. The predicted octanol–water partition coefficient (Wildman–Crippen LogP) is 3.94. The van der Waals surface area contributed by atoms with Gasteiger partial charge in [-0.3, -0.25) is 4.99 Å². The van der Waals surface area contributed by atoms with Gasteiger partial charge in [-0.1, -0.05) is 6.92 Å². The Labute approximate surface area is 147 Å². The second kappa shape index (κ2) is 7.36. The lowest BCUT2D eigenvalue weighted by Gasteiger charge is -2.28. The molecule has 6 heteroatoms. The summed E-state index contributed by atoms with van der Waals surface area (Å²) in [7, 11) is -2.92. The number of hydrogen-bond donors (Lipinski definition) is 0. The molecular weight excluding hydrogens is 344 g/mol. The Morgan fingerprint density at radius 3 is 2.32 bits per heavy atom. The van der Waals surface area contributed by atoms with E-state index in [2.05, 4.69) is 4.99 Å². The van der Waals surface area contributed by atoms with Crippen LogP contribution in [0.5, 0.6) is 0 Å². The van der Waals surface area contributed by atoms with Crippen LogP contribution in [-0.2, 0) is 9.84 Å². The highest BCUT2D eigenvalue weighted by Crippen LogP contribution is 2.35. The van der Waals surface area contributed by atoms with Gasteiger partial charge in [0.05, 0.1) is 18.0 Å². The average molecular weight is 367 g/mol. The molecular formula is C19H23F2NO2S. The van der Waals surface area contributed by atoms with E-state index >= 15 is 0 Å². The minimum atomic E-state index is -2.92. The number of nitrogens with zero attached hydrogens (tertiary/aromatic N) is 1. The topological polar surface area (TPSA) is 46.5 Å². The summed E-state index contributed by atoms with van der Waals surface area (Å²) in [5.41, 5.74) is 2.29. The van der Waals surface area contributed by atoms with Crippen molar-refractivity contribution in [2.45, 2.75) is 32.6 Å². The van der Waals surface area contributed by atoms with Crippen LogP contribution in [0.1, 0.15) is 38.2 Å². The molecule has 1 heterocycles. The number of hydrogen-bond acceptors (Lipinski definition) is 3. The SMILES string of the molecule is CCS(=O)(=O)CC1CCC(C2=CC(c3cc(F)cc(F)c3)=NC2)CC1. The molecule has 3 rings (SSSR count). The molecule has 1 aromatic rings. The van der Waals surface area contributed by atoms with Crippen molar-refractivity contribution < 1.29 is 17.2 Å². The normalized spacial score (nSPS) is 24.1. The van der Waals surface area contributed by atoms with Crippen LogP contribution in [0.2, 0.25) is 0 Å². The zero-order chi connectivity index (χ0) is 18.0. The van der Waals surface area contributed by atoms with Crippen LogP contribution in [0.4, 0.5) is 8.78 Å². The van der Waals surface area contributed by atoms with E-state index < -0.39 is 21.5 Å². The van der Waals surface area contributed by atoms with Crippen molar-refractivity contribution in [1.29, 1.82) is 0 Å². The van der Waals surface area contributed by atoms with Crippen LogP contribution in [0.25, 0.3) is 0 Å². The molecule has 1 aliphatic carbocycles. The third kappa shape index (κ3) is 4.54.